The summed E-state index contributed by atoms with van der Waals surface area (Å²) in [6, 6.07) is 7.70. The van der Waals surface area contributed by atoms with E-state index in [0.29, 0.717) is 18.1 Å². The number of carbonyl (C=O) groups excluding carboxylic acids is 1. The number of ether oxygens (including phenoxy) is 1. The molecule has 1 aromatic rings. The molecule has 1 rings (SSSR count). The normalized spacial score (nSPS) is 13.2. The monoisotopic (exact) mass is 294 g/mol. The van der Waals surface area contributed by atoms with Crippen molar-refractivity contribution in [2.45, 2.75) is 40.0 Å². The van der Waals surface area contributed by atoms with Crippen molar-refractivity contribution >= 4 is 17.6 Å². The molecule has 0 bridgehead atoms. The minimum atomic E-state index is -0.198. The Hall–Kier alpha value is -1.28. The topological polar surface area (TPSA) is 26.3 Å². The summed E-state index contributed by atoms with van der Waals surface area (Å²) in [6.07, 6.45) is 2.39. The van der Waals surface area contributed by atoms with Gasteiger partial charge in [-0.05, 0) is 36.0 Å². The number of rotatable bonds is 6. The molecule has 0 heterocycles. The Bertz CT molecular complexity index is 464. The van der Waals surface area contributed by atoms with Gasteiger partial charge in [0.05, 0.1) is 5.92 Å². The van der Waals surface area contributed by atoms with E-state index in [9.17, 15) is 4.79 Å². The van der Waals surface area contributed by atoms with E-state index in [-0.39, 0.29) is 17.8 Å². The number of benzene rings is 1. The molecule has 1 unspecified atom stereocenters. The van der Waals surface area contributed by atoms with Gasteiger partial charge in [-0.3, -0.25) is 4.79 Å². The number of carbonyl (C=O) groups is 1. The van der Waals surface area contributed by atoms with E-state index in [1.54, 1.807) is 6.08 Å². The summed E-state index contributed by atoms with van der Waals surface area (Å²) < 4.78 is 5.51. The molecule has 0 radical (unpaired) electrons. The molecule has 110 valence electrons. The molecule has 0 saturated carbocycles. The second-order valence-corrected chi connectivity index (χ2v) is 5.85. The van der Waals surface area contributed by atoms with Crippen LogP contribution in [-0.2, 0) is 4.79 Å². The lowest BCUT2D eigenvalue weighted by atomic mass is 9.93. The Morgan fingerprint density at radius 1 is 1.30 bits per heavy atom. The molecule has 0 aliphatic carbocycles. The number of allylic oxidation sites excluding steroid dienone is 1. The Kier molecular flexibility index (Phi) is 6.80. The van der Waals surface area contributed by atoms with E-state index in [0.717, 1.165) is 5.56 Å². The summed E-state index contributed by atoms with van der Waals surface area (Å²) in [7, 11) is 0. The molecule has 2 nitrogen and oxygen atoms in total. The summed E-state index contributed by atoms with van der Waals surface area (Å²) in [5, 5.41) is 0. The van der Waals surface area contributed by atoms with E-state index < -0.39 is 0 Å². The minimum Gasteiger partial charge on any atom is -0.426 e. The van der Waals surface area contributed by atoms with Crippen LogP contribution in [0, 0.1) is 11.8 Å². The molecule has 0 spiro atoms. The van der Waals surface area contributed by atoms with Gasteiger partial charge < -0.3 is 4.74 Å². The maximum Gasteiger partial charge on any atom is 0.314 e. The molecule has 1 atom stereocenters. The quantitative estimate of drug-likeness (QED) is 0.537. The third-order valence-electron chi connectivity index (χ3n) is 3.33. The number of halogens is 1. The van der Waals surface area contributed by atoms with E-state index >= 15 is 0 Å². The lowest BCUT2D eigenvalue weighted by Gasteiger charge is -2.18. The Morgan fingerprint density at radius 3 is 2.55 bits per heavy atom. The lowest BCUT2D eigenvalue weighted by molar-refractivity contribution is -0.140. The predicted octanol–water partition coefficient (Wildman–Crippen LogP) is 5.13. The van der Waals surface area contributed by atoms with Crippen molar-refractivity contribution in [2.24, 2.45) is 11.8 Å². The zero-order valence-electron chi connectivity index (χ0n) is 12.6. The second kappa shape index (κ2) is 8.11. The predicted molar refractivity (Wildman–Crippen MR) is 84.1 cm³/mol. The molecule has 20 heavy (non-hydrogen) atoms. The highest BCUT2D eigenvalue weighted by atomic mass is 35.5. The van der Waals surface area contributed by atoms with Crippen LogP contribution < -0.4 is 4.74 Å². The van der Waals surface area contributed by atoms with Crippen LogP contribution in [0.5, 0.6) is 5.75 Å². The van der Waals surface area contributed by atoms with Gasteiger partial charge in [-0.1, -0.05) is 57.5 Å². The van der Waals surface area contributed by atoms with E-state index in [2.05, 4.69) is 13.8 Å². The van der Waals surface area contributed by atoms with Gasteiger partial charge in [0.25, 0.3) is 0 Å². The molecule has 0 aliphatic heterocycles. The third-order valence-corrected chi connectivity index (χ3v) is 3.51. The van der Waals surface area contributed by atoms with E-state index in [1.807, 2.05) is 38.1 Å². The van der Waals surface area contributed by atoms with Crippen molar-refractivity contribution in [2.75, 3.05) is 0 Å². The highest BCUT2D eigenvalue weighted by molar-refractivity contribution is 6.25. The fraction of sp³-hybridized carbons (Fsp3) is 0.471. The van der Waals surface area contributed by atoms with Crippen LogP contribution in [-0.4, -0.2) is 5.97 Å². The van der Waals surface area contributed by atoms with Gasteiger partial charge in [0.15, 0.2) is 0 Å². The van der Waals surface area contributed by atoms with Crippen LogP contribution >= 0.6 is 11.6 Å². The molecular formula is C17H23ClO2. The van der Waals surface area contributed by atoms with Crippen molar-refractivity contribution in [3.63, 3.8) is 0 Å². The average molecular weight is 295 g/mol. The zero-order valence-corrected chi connectivity index (χ0v) is 13.4. The summed E-state index contributed by atoms with van der Waals surface area (Å²) in [4.78, 5) is 12.2. The van der Waals surface area contributed by atoms with Crippen LogP contribution in [0.25, 0.3) is 0 Å². The summed E-state index contributed by atoms with van der Waals surface area (Å²) >= 11 is 5.54. The second-order valence-electron chi connectivity index (χ2n) is 5.60. The first-order chi connectivity index (χ1) is 9.45. The molecule has 0 aliphatic rings. The van der Waals surface area contributed by atoms with Crippen molar-refractivity contribution in [1.82, 2.24) is 0 Å². The van der Waals surface area contributed by atoms with Gasteiger partial charge in [0, 0.05) is 5.54 Å². The van der Waals surface area contributed by atoms with Crippen molar-refractivity contribution in [3.05, 3.63) is 41.4 Å². The standard InChI is InChI=1S/C17H23ClO2/c1-12(2)14-7-5-8-15(11-14)20-17(19)16(13(3)4)9-6-10-18/h5-8,10-13,16H,9H2,1-4H3. The number of esters is 1. The van der Waals surface area contributed by atoms with Crippen molar-refractivity contribution in [3.8, 4) is 5.75 Å². The van der Waals surface area contributed by atoms with E-state index in [4.69, 9.17) is 16.3 Å². The Balaban J connectivity index is 2.79. The first-order valence-corrected chi connectivity index (χ1v) is 7.46. The van der Waals surface area contributed by atoms with Gasteiger partial charge >= 0.3 is 5.97 Å². The van der Waals surface area contributed by atoms with Gasteiger partial charge in [-0.15, -0.1) is 0 Å². The van der Waals surface area contributed by atoms with Gasteiger partial charge in [-0.2, -0.15) is 0 Å². The smallest absolute Gasteiger partial charge is 0.314 e. The van der Waals surface area contributed by atoms with Crippen LogP contribution in [0.15, 0.2) is 35.9 Å². The van der Waals surface area contributed by atoms with Crippen LogP contribution in [0.2, 0.25) is 0 Å². The van der Waals surface area contributed by atoms with Crippen molar-refractivity contribution in [1.29, 1.82) is 0 Å². The van der Waals surface area contributed by atoms with Crippen LogP contribution in [0.1, 0.15) is 45.6 Å². The molecule has 0 amide bonds. The Labute approximate surface area is 126 Å². The molecule has 0 aromatic heterocycles. The highest BCUT2D eigenvalue weighted by Gasteiger charge is 2.23. The molecule has 0 fully saturated rings. The SMILES string of the molecule is CC(C)c1cccc(OC(=O)C(CC=CCl)C(C)C)c1. The molecular weight excluding hydrogens is 272 g/mol. The van der Waals surface area contributed by atoms with Gasteiger partial charge in [0.2, 0.25) is 0 Å². The highest BCUT2D eigenvalue weighted by Crippen LogP contribution is 2.23. The molecule has 3 heteroatoms. The van der Waals surface area contributed by atoms with E-state index in [1.165, 1.54) is 5.54 Å². The fourth-order valence-corrected chi connectivity index (χ4v) is 2.07. The molecule has 0 saturated heterocycles. The summed E-state index contributed by atoms with van der Waals surface area (Å²) in [5.74, 6) is 0.863. The molecule has 0 N–H and O–H groups in total. The minimum absolute atomic E-state index is 0.173. The average Bonchev–Trinajstić information content (AvgIpc) is 2.39. The lowest BCUT2D eigenvalue weighted by Crippen LogP contribution is -2.24. The van der Waals surface area contributed by atoms with Crippen LogP contribution in [0.4, 0.5) is 0 Å². The van der Waals surface area contributed by atoms with Gasteiger partial charge in [-0.25, -0.2) is 0 Å². The Morgan fingerprint density at radius 2 is 2.00 bits per heavy atom. The summed E-state index contributed by atoms with van der Waals surface area (Å²) in [5.41, 5.74) is 2.61. The van der Waals surface area contributed by atoms with Crippen LogP contribution in [0.3, 0.4) is 0 Å². The first-order valence-electron chi connectivity index (χ1n) is 7.02. The number of hydrogen-bond acceptors (Lipinski definition) is 2. The zero-order chi connectivity index (χ0) is 15.1. The van der Waals surface area contributed by atoms with Crippen molar-refractivity contribution < 1.29 is 9.53 Å². The maximum absolute atomic E-state index is 12.2. The largest absolute Gasteiger partial charge is 0.426 e. The maximum atomic E-state index is 12.2. The number of hydrogen-bond donors (Lipinski definition) is 0. The molecule has 1 aromatic carbocycles. The fourth-order valence-electron chi connectivity index (χ4n) is 1.97. The summed E-state index contributed by atoms with van der Waals surface area (Å²) in [6.45, 7) is 8.25. The third kappa shape index (κ3) is 5.01. The van der Waals surface area contributed by atoms with Gasteiger partial charge in [0.1, 0.15) is 5.75 Å². The first kappa shape index (κ1) is 16.8.